The second kappa shape index (κ2) is 12.1. The van der Waals surface area contributed by atoms with E-state index in [4.69, 9.17) is 23.2 Å². The van der Waals surface area contributed by atoms with Crippen LogP contribution in [0.25, 0.3) is 0 Å². The van der Waals surface area contributed by atoms with Gasteiger partial charge >= 0.3 is 0 Å². The van der Waals surface area contributed by atoms with Crippen LogP contribution < -0.4 is 9.62 Å². The molecule has 0 aliphatic heterocycles. The van der Waals surface area contributed by atoms with E-state index in [1.165, 1.54) is 4.90 Å². The third-order valence-electron chi connectivity index (χ3n) is 5.47. The smallest absolute Gasteiger partial charge is 0.244 e. The van der Waals surface area contributed by atoms with Gasteiger partial charge in [0.15, 0.2) is 0 Å². The molecule has 7 nitrogen and oxygen atoms in total. The Morgan fingerprint density at radius 3 is 2.23 bits per heavy atom. The summed E-state index contributed by atoms with van der Waals surface area (Å²) in [5, 5.41) is 3.64. The van der Waals surface area contributed by atoms with Gasteiger partial charge < -0.3 is 10.2 Å². The monoisotopic (exact) mass is 541 g/mol. The van der Waals surface area contributed by atoms with Crippen LogP contribution in [0.5, 0.6) is 0 Å². The van der Waals surface area contributed by atoms with Crippen LogP contribution in [-0.4, -0.2) is 50.0 Å². The van der Waals surface area contributed by atoms with E-state index in [9.17, 15) is 18.0 Å². The summed E-state index contributed by atoms with van der Waals surface area (Å²) in [6.07, 6.45) is 1.39. The molecule has 1 N–H and O–H groups in total. The Kier molecular flexibility index (Phi) is 10.0. The molecule has 10 heteroatoms. The van der Waals surface area contributed by atoms with Crippen molar-refractivity contribution in [3.63, 3.8) is 0 Å². The third kappa shape index (κ3) is 7.85. The Hall–Kier alpha value is -2.29. The second-order valence-corrected chi connectivity index (χ2v) is 11.7. The molecule has 0 aliphatic rings. The summed E-state index contributed by atoms with van der Waals surface area (Å²) in [4.78, 5) is 28.1. The molecule has 35 heavy (non-hydrogen) atoms. The number of halogens is 2. The van der Waals surface area contributed by atoms with Crippen LogP contribution in [0, 0.1) is 13.8 Å². The van der Waals surface area contributed by atoms with Gasteiger partial charge in [0.05, 0.1) is 11.9 Å². The minimum Gasteiger partial charge on any atom is -0.352 e. The number of anilines is 1. The molecule has 0 radical (unpaired) electrons. The first-order valence-electron chi connectivity index (χ1n) is 11.3. The Morgan fingerprint density at radius 1 is 1.06 bits per heavy atom. The molecule has 2 rings (SSSR count). The lowest BCUT2D eigenvalue weighted by Gasteiger charge is -2.33. The number of aryl methyl sites for hydroxylation is 2. The topological polar surface area (TPSA) is 86.8 Å². The van der Waals surface area contributed by atoms with E-state index in [2.05, 4.69) is 5.32 Å². The summed E-state index contributed by atoms with van der Waals surface area (Å²) in [6.45, 7) is 8.72. The molecule has 2 aromatic carbocycles. The van der Waals surface area contributed by atoms with Gasteiger partial charge in [0.2, 0.25) is 21.8 Å². The van der Waals surface area contributed by atoms with E-state index < -0.39 is 28.5 Å². The van der Waals surface area contributed by atoms with Crippen molar-refractivity contribution in [2.24, 2.45) is 0 Å². The quantitative estimate of drug-likeness (QED) is 0.471. The molecule has 0 aliphatic carbocycles. The van der Waals surface area contributed by atoms with E-state index in [1.54, 1.807) is 44.2 Å². The molecule has 0 heterocycles. The molecule has 0 fully saturated rings. The maximum Gasteiger partial charge on any atom is 0.244 e. The largest absolute Gasteiger partial charge is 0.352 e. The second-order valence-electron chi connectivity index (χ2n) is 8.90. The number of rotatable bonds is 10. The van der Waals surface area contributed by atoms with E-state index in [1.807, 2.05) is 26.8 Å². The van der Waals surface area contributed by atoms with Crippen LogP contribution in [0.1, 0.15) is 43.9 Å². The Morgan fingerprint density at radius 2 is 1.71 bits per heavy atom. The highest BCUT2D eigenvalue weighted by atomic mass is 35.5. The first kappa shape index (κ1) is 28.9. The summed E-state index contributed by atoms with van der Waals surface area (Å²) >= 11 is 12.4. The molecule has 0 saturated heterocycles. The summed E-state index contributed by atoms with van der Waals surface area (Å²) in [6, 6.07) is 9.29. The fourth-order valence-electron chi connectivity index (χ4n) is 3.81. The van der Waals surface area contributed by atoms with Crippen molar-refractivity contribution in [3.05, 3.63) is 63.1 Å². The zero-order valence-electron chi connectivity index (χ0n) is 20.9. The van der Waals surface area contributed by atoms with Crippen molar-refractivity contribution in [1.29, 1.82) is 0 Å². The normalized spacial score (nSPS) is 12.4. The van der Waals surface area contributed by atoms with E-state index in [0.29, 0.717) is 27.7 Å². The fourth-order valence-corrected chi connectivity index (χ4v) is 5.19. The van der Waals surface area contributed by atoms with Crippen LogP contribution >= 0.6 is 23.2 Å². The number of hydrogen-bond acceptors (Lipinski definition) is 4. The van der Waals surface area contributed by atoms with Crippen molar-refractivity contribution in [1.82, 2.24) is 10.2 Å². The Bertz CT molecular complexity index is 1190. The van der Waals surface area contributed by atoms with E-state index in [0.717, 1.165) is 21.7 Å². The first-order valence-corrected chi connectivity index (χ1v) is 13.9. The van der Waals surface area contributed by atoms with Crippen LogP contribution in [0.15, 0.2) is 36.4 Å². The summed E-state index contributed by atoms with van der Waals surface area (Å²) in [5.41, 5.74) is 2.70. The highest BCUT2D eigenvalue weighted by Crippen LogP contribution is 2.26. The van der Waals surface area contributed by atoms with Crippen molar-refractivity contribution in [3.8, 4) is 0 Å². The molecule has 0 aromatic heterocycles. The highest BCUT2D eigenvalue weighted by molar-refractivity contribution is 7.92. The molecule has 0 saturated carbocycles. The van der Waals surface area contributed by atoms with Gasteiger partial charge in [0.1, 0.15) is 12.6 Å². The van der Waals surface area contributed by atoms with Crippen molar-refractivity contribution < 1.29 is 18.0 Å². The lowest BCUT2D eigenvalue weighted by molar-refractivity contribution is -0.140. The summed E-state index contributed by atoms with van der Waals surface area (Å²) < 4.78 is 26.5. The van der Waals surface area contributed by atoms with Gasteiger partial charge in [0, 0.05) is 22.6 Å². The summed E-state index contributed by atoms with van der Waals surface area (Å²) in [7, 11) is -3.80. The van der Waals surface area contributed by atoms with Crippen molar-refractivity contribution in [2.45, 2.75) is 59.7 Å². The number of sulfonamides is 1. The van der Waals surface area contributed by atoms with Gasteiger partial charge in [-0.15, -0.1) is 0 Å². The van der Waals surface area contributed by atoms with Gasteiger partial charge in [-0.05, 0) is 63.4 Å². The van der Waals surface area contributed by atoms with Crippen molar-refractivity contribution in [2.75, 3.05) is 17.1 Å². The first-order chi connectivity index (χ1) is 16.2. The standard InChI is InChI=1S/C25H33Cl2N3O4S/c1-7-22(25(32)28-16(2)3)29(14-19-9-10-20(26)13-21(19)27)24(31)15-30(35(6,33)34)23-11-8-17(4)12-18(23)5/h8-13,16,22H,7,14-15H2,1-6H3,(H,28,32)/t22-/m0/s1. The zero-order chi connectivity index (χ0) is 26.5. The number of carbonyl (C=O) groups is 2. The van der Waals surface area contributed by atoms with Gasteiger partial charge in [-0.2, -0.15) is 0 Å². The lowest BCUT2D eigenvalue weighted by Crippen LogP contribution is -2.53. The molecule has 1 atom stereocenters. The predicted molar refractivity (Wildman–Crippen MR) is 142 cm³/mol. The Balaban J connectivity index is 2.51. The Labute approximate surface area is 218 Å². The SMILES string of the molecule is CC[C@@H](C(=O)NC(C)C)N(Cc1ccc(Cl)cc1Cl)C(=O)CN(c1ccc(C)cc1C)S(C)(=O)=O. The van der Waals surface area contributed by atoms with E-state index in [-0.39, 0.29) is 18.5 Å². The highest BCUT2D eigenvalue weighted by Gasteiger charge is 2.32. The number of nitrogens with zero attached hydrogens (tertiary/aromatic N) is 2. The minimum absolute atomic E-state index is 0.0172. The molecule has 0 bridgehead atoms. The average molecular weight is 543 g/mol. The van der Waals surface area contributed by atoms with Crippen LogP contribution in [0.4, 0.5) is 5.69 Å². The third-order valence-corrected chi connectivity index (χ3v) is 7.19. The van der Waals surface area contributed by atoms with Gasteiger partial charge in [-0.25, -0.2) is 8.42 Å². The molecular formula is C25H33Cl2N3O4S. The molecule has 2 aromatic rings. The number of hydrogen-bond donors (Lipinski definition) is 1. The minimum atomic E-state index is -3.80. The zero-order valence-corrected chi connectivity index (χ0v) is 23.3. The van der Waals surface area contributed by atoms with Gasteiger partial charge in [-0.3, -0.25) is 13.9 Å². The average Bonchev–Trinajstić information content (AvgIpc) is 2.72. The molecule has 2 amide bonds. The van der Waals surface area contributed by atoms with Gasteiger partial charge in [-0.1, -0.05) is 53.9 Å². The van der Waals surface area contributed by atoms with E-state index >= 15 is 0 Å². The molecular weight excluding hydrogens is 509 g/mol. The molecule has 192 valence electrons. The maximum absolute atomic E-state index is 13.7. The van der Waals surface area contributed by atoms with Crippen LogP contribution in [0.2, 0.25) is 10.0 Å². The van der Waals surface area contributed by atoms with Crippen LogP contribution in [0.3, 0.4) is 0 Å². The lowest BCUT2D eigenvalue weighted by atomic mass is 10.1. The fraction of sp³-hybridized carbons (Fsp3) is 0.440. The predicted octanol–water partition coefficient (Wildman–Crippen LogP) is 4.71. The molecule has 0 unspecified atom stereocenters. The van der Waals surface area contributed by atoms with Crippen molar-refractivity contribution >= 4 is 50.7 Å². The maximum atomic E-state index is 13.7. The summed E-state index contributed by atoms with van der Waals surface area (Å²) in [5.74, 6) is -0.842. The number of nitrogens with one attached hydrogen (secondary N) is 1. The number of carbonyl (C=O) groups excluding carboxylic acids is 2. The molecule has 0 spiro atoms. The van der Waals surface area contributed by atoms with Crippen LogP contribution in [-0.2, 0) is 26.2 Å². The van der Waals surface area contributed by atoms with Gasteiger partial charge in [0.25, 0.3) is 0 Å². The number of amides is 2. The number of benzene rings is 2.